The van der Waals surface area contributed by atoms with Gasteiger partial charge in [0.1, 0.15) is 0 Å². The molecule has 4 rings (SSSR count). The van der Waals surface area contributed by atoms with Crippen LogP contribution in [0.4, 0.5) is 0 Å². The molecule has 3 aromatic rings. The van der Waals surface area contributed by atoms with Gasteiger partial charge >= 0.3 is 0 Å². The van der Waals surface area contributed by atoms with Crippen molar-refractivity contribution in [1.29, 1.82) is 0 Å². The molecule has 1 amide bonds. The maximum atomic E-state index is 13.0. The monoisotopic (exact) mass is 393 g/mol. The van der Waals surface area contributed by atoms with Gasteiger partial charge in [-0.15, -0.1) is 0 Å². The highest BCUT2D eigenvalue weighted by Gasteiger charge is 2.19. The Morgan fingerprint density at radius 3 is 2.61 bits per heavy atom. The average Bonchev–Trinajstić information content (AvgIpc) is 2.73. The molecule has 1 aliphatic rings. The molecule has 1 aromatic heterocycles. The first-order valence-electron chi connectivity index (χ1n) is 9.74. The fourth-order valence-corrected chi connectivity index (χ4v) is 4.27. The van der Waals surface area contributed by atoms with Crippen molar-refractivity contribution < 1.29 is 4.79 Å². The highest BCUT2D eigenvalue weighted by Crippen LogP contribution is 2.27. The molecule has 1 heterocycles. The number of carbonyl (C=O) groups excluding carboxylic acids is 1. The summed E-state index contributed by atoms with van der Waals surface area (Å²) < 4.78 is 2.16. The highest BCUT2D eigenvalue weighted by atomic mass is 32.1. The fraction of sp³-hybridized carbons (Fsp3) is 0.318. The summed E-state index contributed by atoms with van der Waals surface area (Å²) in [6, 6.07) is 15.0. The van der Waals surface area contributed by atoms with E-state index in [0.717, 1.165) is 31.2 Å². The molecule has 1 fully saturated rings. The van der Waals surface area contributed by atoms with E-state index >= 15 is 0 Å². The van der Waals surface area contributed by atoms with E-state index in [4.69, 9.17) is 12.2 Å². The Bertz CT molecular complexity index is 1110. The number of nitrogens with one attached hydrogen (secondary N) is 2. The normalized spacial score (nSPS) is 14.9. The molecule has 0 unspecified atom stereocenters. The van der Waals surface area contributed by atoms with E-state index in [1.54, 1.807) is 22.8 Å². The Hall–Kier alpha value is -2.73. The number of nitrogens with zero attached hydrogens (tertiary/aromatic N) is 1. The number of hydrogen-bond donors (Lipinski definition) is 2. The van der Waals surface area contributed by atoms with Gasteiger partial charge in [0.25, 0.3) is 11.5 Å². The van der Waals surface area contributed by atoms with E-state index in [9.17, 15) is 9.59 Å². The molecule has 0 atom stereocenters. The molecule has 2 aromatic carbocycles. The number of carbonyl (C=O) groups is 1. The van der Waals surface area contributed by atoms with Crippen LogP contribution in [0, 0.1) is 4.77 Å². The summed E-state index contributed by atoms with van der Waals surface area (Å²) in [5.74, 6) is -0.179. The minimum Gasteiger partial charge on any atom is -0.348 e. The Morgan fingerprint density at radius 1 is 1.11 bits per heavy atom. The molecule has 1 saturated carbocycles. The molecule has 0 spiro atoms. The fourth-order valence-electron chi connectivity index (χ4n) is 3.92. The molecule has 0 saturated heterocycles. The summed E-state index contributed by atoms with van der Waals surface area (Å²) in [5.41, 5.74) is 2.08. The molecule has 0 radical (unpaired) electrons. The van der Waals surface area contributed by atoms with Gasteiger partial charge in [-0.05, 0) is 48.8 Å². The van der Waals surface area contributed by atoms with Gasteiger partial charge in [-0.1, -0.05) is 49.6 Å². The first-order chi connectivity index (χ1) is 13.6. The maximum absolute atomic E-state index is 13.0. The number of H-pyrrole nitrogens is 1. The molecule has 144 valence electrons. The quantitative estimate of drug-likeness (QED) is 0.642. The summed E-state index contributed by atoms with van der Waals surface area (Å²) in [5, 5.41) is 3.48. The lowest BCUT2D eigenvalue weighted by Gasteiger charge is -2.24. The summed E-state index contributed by atoms with van der Waals surface area (Å²) in [6.07, 6.45) is 5.46. The van der Waals surface area contributed by atoms with Crippen LogP contribution in [0.3, 0.4) is 0 Å². The van der Waals surface area contributed by atoms with Crippen LogP contribution in [0.25, 0.3) is 10.9 Å². The van der Waals surface area contributed by atoms with Gasteiger partial charge in [-0.25, -0.2) is 0 Å². The Labute approximate surface area is 168 Å². The van der Waals surface area contributed by atoms with E-state index in [1.807, 2.05) is 30.3 Å². The molecule has 0 aliphatic heterocycles. The van der Waals surface area contributed by atoms with Gasteiger partial charge < -0.3 is 10.3 Å². The Balaban J connectivity index is 1.61. The van der Waals surface area contributed by atoms with Gasteiger partial charge in [0.05, 0.1) is 10.9 Å². The molecule has 28 heavy (non-hydrogen) atoms. The minimum atomic E-state index is -0.179. The number of hydrogen-bond acceptors (Lipinski definition) is 3. The average molecular weight is 394 g/mol. The van der Waals surface area contributed by atoms with E-state index in [-0.39, 0.29) is 17.5 Å². The van der Waals surface area contributed by atoms with Crippen molar-refractivity contribution in [2.24, 2.45) is 0 Å². The van der Waals surface area contributed by atoms with Crippen LogP contribution in [0.5, 0.6) is 0 Å². The van der Waals surface area contributed by atoms with Crippen LogP contribution in [0.2, 0.25) is 0 Å². The lowest BCUT2D eigenvalue weighted by atomic mass is 9.95. The summed E-state index contributed by atoms with van der Waals surface area (Å²) >= 11 is 5.48. The second-order valence-corrected chi connectivity index (χ2v) is 7.71. The van der Waals surface area contributed by atoms with Gasteiger partial charge in [-0.2, -0.15) is 0 Å². The third-order valence-corrected chi connectivity index (χ3v) is 5.73. The summed E-state index contributed by atoms with van der Waals surface area (Å²) in [7, 11) is 0. The highest BCUT2D eigenvalue weighted by molar-refractivity contribution is 7.71. The smallest absolute Gasteiger partial charge is 0.262 e. The van der Waals surface area contributed by atoms with Crippen LogP contribution >= 0.6 is 12.2 Å². The maximum Gasteiger partial charge on any atom is 0.262 e. The number of rotatable bonds is 4. The molecule has 0 bridgehead atoms. The van der Waals surface area contributed by atoms with Gasteiger partial charge in [0.2, 0.25) is 0 Å². The molecule has 1 aliphatic carbocycles. The topological polar surface area (TPSA) is 66.9 Å². The van der Waals surface area contributed by atoms with Crippen LogP contribution in [-0.2, 0) is 6.54 Å². The van der Waals surface area contributed by atoms with E-state index in [2.05, 4.69) is 10.3 Å². The number of fused-ring (bicyclic) bond motifs is 1. The van der Waals surface area contributed by atoms with Crippen molar-refractivity contribution in [2.75, 3.05) is 0 Å². The standard InChI is InChI=1S/C22H23N3O2S/c26-20(23-14-15-7-3-1-4-8-15)16-11-12-18-19(13-16)24-22(28)25(21(18)27)17-9-5-2-6-10-17/h1,3-4,7-8,11-13,17H,2,5-6,9-10,14H2,(H,23,26)(H,24,28). The second-order valence-electron chi connectivity index (χ2n) is 7.33. The zero-order chi connectivity index (χ0) is 19.5. The Kier molecular flexibility index (Phi) is 5.39. The van der Waals surface area contributed by atoms with Crippen LogP contribution in [0.15, 0.2) is 53.3 Å². The van der Waals surface area contributed by atoms with Crippen molar-refractivity contribution in [3.63, 3.8) is 0 Å². The first-order valence-corrected chi connectivity index (χ1v) is 10.1. The minimum absolute atomic E-state index is 0.0677. The van der Waals surface area contributed by atoms with Crippen molar-refractivity contribution in [3.8, 4) is 0 Å². The van der Waals surface area contributed by atoms with Crippen molar-refractivity contribution in [2.45, 2.75) is 44.7 Å². The van der Waals surface area contributed by atoms with Crippen LogP contribution in [-0.4, -0.2) is 15.5 Å². The van der Waals surface area contributed by atoms with E-state index in [0.29, 0.717) is 27.8 Å². The van der Waals surface area contributed by atoms with Crippen molar-refractivity contribution >= 4 is 29.0 Å². The zero-order valence-electron chi connectivity index (χ0n) is 15.6. The lowest BCUT2D eigenvalue weighted by Crippen LogP contribution is -2.28. The van der Waals surface area contributed by atoms with Crippen molar-refractivity contribution in [1.82, 2.24) is 14.9 Å². The van der Waals surface area contributed by atoms with Crippen LogP contribution < -0.4 is 10.9 Å². The second kappa shape index (κ2) is 8.10. The molecule has 6 heteroatoms. The van der Waals surface area contributed by atoms with Gasteiger partial charge in [-0.3, -0.25) is 14.2 Å². The number of aromatic amines is 1. The van der Waals surface area contributed by atoms with Gasteiger partial charge in [0.15, 0.2) is 4.77 Å². The number of benzene rings is 2. The number of amides is 1. The van der Waals surface area contributed by atoms with Gasteiger partial charge in [0, 0.05) is 18.2 Å². The van der Waals surface area contributed by atoms with E-state index in [1.165, 1.54) is 6.42 Å². The summed E-state index contributed by atoms with van der Waals surface area (Å²) in [4.78, 5) is 28.7. The molecule has 5 nitrogen and oxygen atoms in total. The third kappa shape index (κ3) is 3.78. The Morgan fingerprint density at radius 2 is 1.86 bits per heavy atom. The number of aromatic nitrogens is 2. The SMILES string of the molecule is O=C(NCc1ccccc1)c1ccc2c(=O)n(C3CCCCC3)c(=S)[nH]c2c1. The molecule has 2 N–H and O–H groups in total. The molecular formula is C22H23N3O2S. The van der Waals surface area contributed by atoms with Crippen molar-refractivity contribution in [3.05, 3.63) is 74.8 Å². The zero-order valence-corrected chi connectivity index (χ0v) is 16.4. The molecular weight excluding hydrogens is 370 g/mol. The summed E-state index contributed by atoms with van der Waals surface area (Å²) in [6.45, 7) is 0.455. The third-order valence-electron chi connectivity index (χ3n) is 5.43. The predicted molar refractivity (Wildman–Crippen MR) is 113 cm³/mol. The lowest BCUT2D eigenvalue weighted by molar-refractivity contribution is 0.0951. The largest absolute Gasteiger partial charge is 0.348 e. The predicted octanol–water partition coefficient (Wildman–Crippen LogP) is 4.49. The van der Waals surface area contributed by atoms with E-state index < -0.39 is 0 Å². The first kappa shape index (κ1) is 18.6. The van der Waals surface area contributed by atoms with Crippen LogP contribution in [0.1, 0.15) is 54.1 Å².